The first-order chi connectivity index (χ1) is 14.4. The summed E-state index contributed by atoms with van der Waals surface area (Å²) in [7, 11) is 1.58. The minimum Gasteiger partial charge on any atom is -0.331 e. The monoisotopic (exact) mass is 402 g/mol. The van der Waals surface area contributed by atoms with Crippen molar-refractivity contribution in [3.8, 4) is 0 Å². The number of rotatable bonds is 3. The van der Waals surface area contributed by atoms with E-state index in [-0.39, 0.29) is 42.4 Å². The van der Waals surface area contributed by atoms with Crippen LogP contribution in [0.15, 0.2) is 60.7 Å². The summed E-state index contributed by atoms with van der Waals surface area (Å²) in [6.07, 6.45) is 0.185. The summed E-state index contributed by atoms with van der Waals surface area (Å²) in [6.45, 7) is 1.70. The number of nitrogens with zero attached hydrogens (tertiary/aromatic N) is 3. The van der Waals surface area contributed by atoms with Crippen LogP contribution in [0.3, 0.4) is 0 Å². The first-order valence-corrected chi connectivity index (χ1v) is 9.76. The van der Waals surface area contributed by atoms with E-state index in [0.717, 1.165) is 10.9 Å². The highest BCUT2D eigenvalue weighted by atomic mass is 16.2. The second-order valence-corrected chi connectivity index (χ2v) is 7.43. The summed E-state index contributed by atoms with van der Waals surface area (Å²) in [6, 6.07) is 17.9. The molecule has 3 amide bonds. The molecular formula is C23H22N4O3. The van der Waals surface area contributed by atoms with Gasteiger partial charge in [-0.15, -0.1) is 0 Å². The second kappa shape index (κ2) is 7.94. The Morgan fingerprint density at radius 2 is 1.83 bits per heavy atom. The molecule has 0 radical (unpaired) electrons. The Morgan fingerprint density at radius 1 is 1.10 bits per heavy atom. The molecule has 0 saturated carbocycles. The second-order valence-electron chi connectivity index (χ2n) is 7.43. The Morgan fingerprint density at radius 3 is 2.67 bits per heavy atom. The molecule has 0 fully saturated rings. The lowest BCUT2D eigenvalue weighted by Crippen LogP contribution is -2.45. The van der Waals surface area contributed by atoms with Crippen LogP contribution >= 0.6 is 0 Å². The van der Waals surface area contributed by atoms with Crippen LogP contribution in [-0.2, 0) is 9.59 Å². The molecule has 1 aliphatic rings. The van der Waals surface area contributed by atoms with Crippen molar-refractivity contribution in [1.29, 1.82) is 0 Å². The number of hydrogen-bond donors (Lipinski definition) is 1. The third-order valence-electron chi connectivity index (χ3n) is 5.16. The zero-order valence-corrected chi connectivity index (χ0v) is 16.8. The third kappa shape index (κ3) is 3.74. The Labute approximate surface area is 174 Å². The van der Waals surface area contributed by atoms with E-state index in [2.05, 4.69) is 10.3 Å². The maximum absolute atomic E-state index is 13.2. The summed E-state index contributed by atoms with van der Waals surface area (Å²) in [5.74, 6) is -0.739. The fourth-order valence-corrected chi connectivity index (χ4v) is 3.70. The Balaban J connectivity index is 1.56. The quantitative estimate of drug-likeness (QED) is 0.730. The SMILES string of the molecule is CC1CC(=O)Nc2ccccc2N1C(=O)CN(C)C(=O)c1ccc2ccccc2n1. The van der Waals surface area contributed by atoms with Crippen LogP contribution in [0.2, 0.25) is 0 Å². The molecule has 2 heterocycles. The van der Waals surface area contributed by atoms with Crippen molar-refractivity contribution in [2.24, 2.45) is 0 Å². The van der Waals surface area contributed by atoms with Gasteiger partial charge in [0.25, 0.3) is 5.91 Å². The predicted molar refractivity (Wildman–Crippen MR) is 115 cm³/mol. The van der Waals surface area contributed by atoms with Crippen molar-refractivity contribution < 1.29 is 14.4 Å². The summed E-state index contributed by atoms with van der Waals surface area (Å²) >= 11 is 0. The molecule has 4 rings (SSSR count). The van der Waals surface area contributed by atoms with Crippen LogP contribution in [0.5, 0.6) is 0 Å². The number of benzene rings is 2. The normalized spacial score (nSPS) is 15.9. The van der Waals surface area contributed by atoms with Crippen molar-refractivity contribution in [3.05, 3.63) is 66.4 Å². The van der Waals surface area contributed by atoms with Crippen LogP contribution in [-0.4, -0.2) is 47.2 Å². The molecule has 30 heavy (non-hydrogen) atoms. The molecule has 0 saturated heterocycles. The van der Waals surface area contributed by atoms with Gasteiger partial charge in [0.05, 0.1) is 16.9 Å². The van der Waals surface area contributed by atoms with E-state index >= 15 is 0 Å². The number of fused-ring (bicyclic) bond motifs is 2. The van der Waals surface area contributed by atoms with E-state index in [1.165, 1.54) is 4.90 Å². The fraction of sp³-hybridized carbons (Fsp3) is 0.217. The van der Waals surface area contributed by atoms with Gasteiger partial charge in [-0.25, -0.2) is 4.98 Å². The molecule has 7 nitrogen and oxygen atoms in total. The minimum absolute atomic E-state index is 0.125. The zero-order valence-electron chi connectivity index (χ0n) is 16.8. The number of para-hydroxylation sites is 3. The highest BCUT2D eigenvalue weighted by Gasteiger charge is 2.30. The summed E-state index contributed by atoms with van der Waals surface area (Å²) in [5, 5.41) is 3.78. The number of hydrogen-bond acceptors (Lipinski definition) is 4. The highest BCUT2D eigenvalue weighted by Crippen LogP contribution is 2.31. The number of anilines is 2. The molecule has 1 unspecified atom stereocenters. The molecule has 1 aromatic heterocycles. The van der Waals surface area contributed by atoms with Crippen molar-refractivity contribution in [2.75, 3.05) is 23.8 Å². The van der Waals surface area contributed by atoms with E-state index in [9.17, 15) is 14.4 Å². The third-order valence-corrected chi connectivity index (χ3v) is 5.16. The smallest absolute Gasteiger partial charge is 0.272 e. The van der Waals surface area contributed by atoms with Crippen LogP contribution in [0.25, 0.3) is 10.9 Å². The van der Waals surface area contributed by atoms with Crippen LogP contribution in [0.4, 0.5) is 11.4 Å². The standard InChI is InChI=1S/C23H22N4O3/c1-15-13-21(28)25-18-9-5-6-10-20(18)27(15)22(29)14-26(2)23(30)19-12-11-16-7-3-4-8-17(16)24-19/h3-12,15H,13-14H2,1-2H3,(H,25,28). The number of amides is 3. The lowest BCUT2D eigenvalue weighted by atomic mass is 10.1. The predicted octanol–water partition coefficient (Wildman–Crippen LogP) is 3.07. The van der Waals surface area contributed by atoms with Gasteiger partial charge in [-0.05, 0) is 31.2 Å². The number of nitrogens with one attached hydrogen (secondary N) is 1. The molecule has 0 aliphatic carbocycles. The van der Waals surface area contributed by atoms with E-state index in [1.807, 2.05) is 43.3 Å². The van der Waals surface area contributed by atoms with E-state index < -0.39 is 0 Å². The molecule has 0 spiro atoms. The average molecular weight is 402 g/mol. The van der Waals surface area contributed by atoms with Gasteiger partial charge in [-0.3, -0.25) is 14.4 Å². The first-order valence-electron chi connectivity index (χ1n) is 9.76. The Hall–Kier alpha value is -3.74. The molecule has 152 valence electrons. The maximum atomic E-state index is 13.2. The van der Waals surface area contributed by atoms with Crippen molar-refractivity contribution in [3.63, 3.8) is 0 Å². The Kier molecular flexibility index (Phi) is 5.18. The lowest BCUT2D eigenvalue weighted by Gasteiger charge is -2.29. The molecule has 1 aliphatic heterocycles. The van der Waals surface area contributed by atoms with Gasteiger partial charge in [0.15, 0.2) is 0 Å². The average Bonchev–Trinajstić information content (AvgIpc) is 2.86. The van der Waals surface area contributed by atoms with Crippen molar-refractivity contribution in [1.82, 2.24) is 9.88 Å². The highest BCUT2D eigenvalue weighted by molar-refractivity contribution is 6.06. The van der Waals surface area contributed by atoms with Gasteiger partial charge < -0.3 is 15.1 Å². The number of carbonyl (C=O) groups excluding carboxylic acids is 3. The summed E-state index contributed by atoms with van der Waals surface area (Å²) in [4.78, 5) is 45.5. The topological polar surface area (TPSA) is 82.6 Å². The van der Waals surface area contributed by atoms with Crippen LogP contribution < -0.4 is 10.2 Å². The van der Waals surface area contributed by atoms with Gasteiger partial charge in [0, 0.05) is 24.9 Å². The van der Waals surface area contributed by atoms with E-state index in [0.29, 0.717) is 11.4 Å². The minimum atomic E-state index is -0.334. The molecule has 1 atom stereocenters. The van der Waals surface area contributed by atoms with E-state index in [1.54, 1.807) is 36.2 Å². The maximum Gasteiger partial charge on any atom is 0.272 e. The van der Waals surface area contributed by atoms with Crippen molar-refractivity contribution in [2.45, 2.75) is 19.4 Å². The number of carbonyl (C=O) groups is 3. The number of aromatic nitrogens is 1. The van der Waals surface area contributed by atoms with Gasteiger partial charge in [-0.1, -0.05) is 36.4 Å². The zero-order chi connectivity index (χ0) is 21.3. The van der Waals surface area contributed by atoms with Gasteiger partial charge in [0.1, 0.15) is 12.2 Å². The van der Waals surface area contributed by atoms with Gasteiger partial charge >= 0.3 is 0 Å². The molecule has 3 aromatic rings. The van der Waals surface area contributed by atoms with Crippen LogP contribution in [0.1, 0.15) is 23.8 Å². The molecular weight excluding hydrogens is 380 g/mol. The molecule has 7 heteroatoms. The molecule has 2 aromatic carbocycles. The van der Waals surface area contributed by atoms with Gasteiger partial charge in [0.2, 0.25) is 11.8 Å². The van der Waals surface area contributed by atoms with Crippen LogP contribution in [0, 0.1) is 0 Å². The Bertz CT molecular complexity index is 1140. The van der Waals surface area contributed by atoms with Gasteiger partial charge in [-0.2, -0.15) is 0 Å². The fourth-order valence-electron chi connectivity index (χ4n) is 3.70. The van der Waals surface area contributed by atoms with Crippen molar-refractivity contribution >= 4 is 40.0 Å². The molecule has 1 N–H and O–H groups in total. The molecule has 0 bridgehead atoms. The summed E-state index contributed by atoms with van der Waals surface area (Å²) < 4.78 is 0. The van der Waals surface area contributed by atoms with E-state index in [4.69, 9.17) is 0 Å². The number of likely N-dealkylation sites (N-methyl/N-ethyl adjacent to an activating group) is 1. The summed E-state index contributed by atoms with van der Waals surface area (Å²) in [5.41, 5.74) is 2.23. The largest absolute Gasteiger partial charge is 0.331 e. The number of pyridine rings is 1. The first kappa shape index (κ1) is 19.6. The lowest BCUT2D eigenvalue weighted by molar-refractivity contribution is -0.119.